The van der Waals surface area contributed by atoms with Gasteiger partial charge in [-0.2, -0.15) is 0 Å². The van der Waals surface area contributed by atoms with Crippen LogP contribution in [0.2, 0.25) is 0 Å². The van der Waals surface area contributed by atoms with E-state index in [2.05, 4.69) is 5.32 Å². The Morgan fingerprint density at radius 3 is 2.73 bits per heavy atom. The molecule has 0 unspecified atom stereocenters. The number of hydrogen-bond donors (Lipinski definition) is 1. The number of rotatable bonds is 6. The van der Waals surface area contributed by atoms with Crippen LogP contribution in [0.3, 0.4) is 0 Å². The minimum atomic E-state index is -0.142. The second kappa shape index (κ2) is 8.01. The molecular weight excluding hydrogens is 332 g/mol. The molecule has 0 saturated heterocycles. The van der Waals surface area contributed by atoms with Crippen LogP contribution in [-0.4, -0.2) is 38.7 Å². The fourth-order valence-corrected chi connectivity index (χ4v) is 2.80. The van der Waals surface area contributed by atoms with Gasteiger partial charge in [0.1, 0.15) is 5.75 Å². The van der Waals surface area contributed by atoms with Gasteiger partial charge in [-0.25, -0.2) is 0 Å². The summed E-state index contributed by atoms with van der Waals surface area (Å²) in [7, 11) is 1.59. The van der Waals surface area contributed by atoms with Crippen molar-refractivity contribution in [1.29, 1.82) is 0 Å². The van der Waals surface area contributed by atoms with E-state index < -0.39 is 0 Å². The molecule has 0 bridgehead atoms. The summed E-state index contributed by atoms with van der Waals surface area (Å²) in [6, 6.07) is 13.0. The average molecular weight is 354 g/mol. The summed E-state index contributed by atoms with van der Waals surface area (Å²) in [5.74, 6) is 0.498. The summed E-state index contributed by atoms with van der Waals surface area (Å²) >= 11 is 0. The molecule has 0 saturated carbocycles. The number of nitrogens with one attached hydrogen (secondary N) is 1. The van der Waals surface area contributed by atoms with E-state index in [1.807, 2.05) is 37.3 Å². The van der Waals surface area contributed by atoms with E-state index in [4.69, 9.17) is 9.47 Å². The molecule has 1 aliphatic rings. The summed E-state index contributed by atoms with van der Waals surface area (Å²) < 4.78 is 10.4. The number of amides is 2. The van der Waals surface area contributed by atoms with Crippen molar-refractivity contribution in [2.75, 3.05) is 31.8 Å². The van der Waals surface area contributed by atoms with Crippen molar-refractivity contribution in [3.8, 4) is 5.75 Å². The highest BCUT2D eigenvalue weighted by molar-refractivity contribution is 5.98. The molecule has 0 fully saturated rings. The number of benzene rings is 2. The van der Waals surface area contributed by atoms with Crippen LogP contribution >= 0.6 is 0 Å². The van der Waals surface area contributed by atoms with Gasteiger partial charge >= 0.3 is 0 Å². The zero-order valence-electron chi connectivity index (χ0n) is 15.0. The van der Waals surface area contributed by atoms with E-state index >= 15 is 0 Å². The molecule has 6 nitrogen and oxygen atoms in total. The van der Waals surface area contributed by atoms with Gasteiger partial charge in [0.25, 0.3) is 11.8 Å². The first-order chi connectivity index (χ1) is 12.6. The number of methoxy groups -OCH3 is 1. The maximum atomic E-state index is 12.3. The van der Waals surface area contributed by atoms with Crippen molar-refractivity contribution < 1.29 is 19.1 Å². The van der Waals surface area contributed by atoms with Crippen molar-refractivity contribution in [3.05, 3.63) is 59.2 Å². The summed E-state index contributed by atoms with van der Waals surface area (Å²) in [6.45, 7) is 3.40. The minimum Gasteiger partial charge on any atom is -0.482 e. The highest BCUT2D eigenvalue weighted by Crippen LogP contribution is 2.33. The van der Waals surface area contributed by atoms with E-state index in [0.717, 1.165) is 22.6 Å². The number of aryl methyl sites for hydroxylation is 1. The van der Waals surface area contributed by atoms with Crippen molar-refractivity contribution in [1.82, 2.24) is 5.32 Å². The molecule has 2 amide bonds. The van der Waals surface area contributed by atoms with E-state index in [1.54, 1.807) is 24.1 Å². The molecule has 136 valence electrons. The van der Waals surface area contributed by atoms with Gasteiger partial charge in [-0.1, -0.05) is 18.2 Å². The third-order valence-electron chi connectivity index (χ3n) is 4.21. The molecule has 2 aromatic rings. The Balaban J connectivity index is 1.71. The number of anilines is 1. The Bertz CT molecular complexity index is 802. The van der Waals surface area contributed by atoms with Gasteiger partial charge in [0.2, 0.25) is 0 Å². The van der Waals surface area contributed by atoms with Crippen molar-refractivity contribution in [2.45, 2.75) is 13.5 Å². The van der Waals surface area contributed by atoms with Gasteiger partial charge in [-0.15, -0.1) is 0 Å². The third kappa shape index (κ3) is 4.03. The van der Waals surface area contributed by atoms with Crippen molar-refractivity contribution in [2.24, 2.45) is 0 Å². The van der Waals surface area contributed by atoms with Crippen LogP contribution in [0.1, 0.15) is 21.5 Å². The normalized spacial score (nSPS) is 13.2. The van der Waals surface area contributed by atoms with E-state index in [-0.39, 0.29) is 18.4 Å². The number of nitrogens with zero attached hydrogens (tertiary/aromatic N) is 1. The van der Waals surface area contributed by atoms with Gasteiger partial charge in [0, 0.05) is 19.2 Å². The number of carbonyl (C=O) groups excluding carboxylic acids is 2. The van der Waals surface area contributed by atoms with Gasteiger partial charge in [0.05, 0.1) is 18.8 Å². The molecule has 0 atom stereocenters. The first kappa shape index (κ1) is 17.9. The first-order valence-corrected chi connectivity index (χ1v) is 8.48. The fraction of sp³-hybridized carbons (Fsp3) is 0.300. The minimum absolute atomic E-state index is 0.0381. The maximum absolute atomic E-state index is 12.3. The molecule has 1 heterocycles. The molecule has 0 aromatic heterocycles. The van der Waals surface area contributed by atoms with Crippen LogP contribution < -0.4 is 15.0 Å². The Kier molecular flexibility index (Phi) is 5.53. The lowest BCUT2D eigenvalue weighted by Crippen LogP contribution is -2.38. The van der Waals surface area contributed by atoms with Crippen LogP contribution in [0.4, 0.5) is 5.69 Å². The Morgan fingerprint density at radius 2 is 2.00 bits per heavy atom. The molecule has 26 heavy (non-hydrogen) atoms. The molecule has 1 aliphatic heterocycles. The number of fused-ring (bicyclic) bond motifs is 1. The standard InChI is InChI=1S/C20H22N2O4/c1-14-3-8-17-18(11-14)26-13-19(23)22(17)12-15-4-6-16(7-5-15)20(24)21-9-10-25-2/h3-8,11H,9-10,12-13H2,1-2H3,(H,21,24). The molecule has 2 aromatic carbocycles. The second-order valence-electron chi connectivity index (χ2n) is 6.19. The third-order valence-corrected chi connectivity index (χ3v) is 4.21. The molecular formula is C20H22N2O4. The van der Waals surface area contributed by atoms with Crippen LogP contribution in [0.25, 0.3) is 0 Å². The number of hydrogen-bond acceptors (Lipinski definition) is 4. The van der Waals surface area contributed by atoms with Crippen molar-refractivity contribution >= 4 is 17.5 Å². The van der Waals surface area contributed by atoms with Crippen LogP contribution in [0.15, 0.2) is 42.5 Å². The monoisotopic (exact) mass is 354 g/mol. The van der Waals surface area contributed by atoms with Gasteiger partial charge in [-0.3, -0.25) is 9.59 Å². The fourth-order valence-electron chi connectivity index (χ4n) is 2.80. The maximum Gasteiger partial charge on any atom is 0.265 e. The Hall–Kier alpha value is -2.86. The van der Waals surface area contributed by atoms with Gasteiger partial charge in [0.15, 0.2) is 6.61 Å². The molecule has 0 radical (unpaired) electrons. The lowest BCUT2D eigenvalue weighted by atomic mass is 10.1. The first-order valence-electron chi connectivity index (χ1n) is 8.48. The summed E-state index contributed by atoms with van der Waals surface area (Å²) in [5, 5.41) is 2.78. The largest absolute Gasteiger partial charge is 0.482 e. The second-order valence-corrected chi connectivity index (χ2v) is 6.19. The predicted octanol–water partition coefficient (Wildman–Crippen LogP) is 2.30. The van der Waals surface area contributed by atoms with E-state index in [9.17, 15) is 9.59 Å². The highest BCUT2D eigenvalue weighted by Gasteiger charge is 2.25. The Morgan fingerprint density at radius 1 is 1.23 bits per heavy atom. The molecule has 3 rings (SSSR count). The summed E-state index contributed by atoms with van der Waals surface area (Å²) in [4.78, 5) is 26.0. The smallest absolute Gasteiger partial charge is 0.265 e. The van der Waals surface area contributed by atoms with Gasteiger partial charge in [-0.05, 0) is 42.3 Å². The quantitative estimate of drug-likeness (QED) is 0.809. The van der Waals surface area contributed by atoms with E-state index in [0.29, 0.717) is 25.3 Å². The number of ether oxygens (including phenoxy) is 2. The SMILES string of the molecule is COCCNC(=O)c1ccc(CN2C(=O)COc3cc(C)ccc32)cc1. The van der Waals surface area contributed by atoms with Crippen LogP contribution in [0, 0.1) is 6.92 Å². The molecule has 0 aliphatic carbocycles. The summed E-state index contributed by atoms with van der Waals surface area (Å²) in [5.41, 5.74) is 3.38. The van der Waals surface area contributed by atoms with Crippen LogP contribution in [0.5, 0.6) is 5.75 Å². The molecule has 1 N–H and O–H groups in total. The summed E-state index contributed by atoms with van der Waals surface area (Å²) in [6.07, 6.45) is 0. The Labute approximate surface area is 152 Å². The lowest BCUT2D eigenvalue weighted by molar-refractivity contribution is -0.121. The zero-order valence-corrected chi connectivity index (χ0v) is 15.0. The highest BCUT2D eigenvalue weighted by atomic mass is 16.5. The number of carbonyl (C=O) groups is 2. The lowest BCUT2D eigenvalue weighted by Gasteiger charge is -2.29. The zero-order chi connectivity index (χ0) is 18.5. The van der Waals surface area contributed by atoms with Gasteiger partial charge < -0.3 is 19.7 Å². The molecule has 6 heteroatoms. The average Bonchev–Trinajstić information content (AvgIpc) is 2.64. The molecule has 0 spiro atoms. The topological polar surface area (TPSA) is 67.9 Å². The van der Waals surface area contributed by atoms with Crippen LogP contribution in [-0.2, 0) is 16.1 Å². The van der Waals surface area contributed by atoms with Crippen molar-refractivity contribution in [3.63, 3.8) is 0 Å². The van der Waals surface area contributed by atoms with E-state index in [1.165, 1.54) is 0 Å². The predicted molar refractivity (Wildman–Crippen MR) is 98.5 cm³/mol.